The lowest BCUT2D eigenvalue weighted by molar-refractivity contribution is 0.483. The number of imidazole rings is 1. The number of aromatic nitrogens is 4. The van der Waals surface area contributed by atoms with Crippen LogP contribution in [0, 0.1) is 0 Å². The van der Waals surface area contributed by atoms with Crippen LogP contribution in [0.3, 0.4) is 0 Å². The van der Waals surface area contributed by atoms with Gasteiger partial charge in [0.05, 0.1) is 27.8 Å². The highest BCUT2D eigenvalue weighted by atomic mass is 16.5. The van der Waals surface area contributed by atoms with E-state index >= 15 is 0 Å². The fraction of sp³-hybridized carbons (Fsp3) is 0.163. The summed E-state index contributed by atoms with van der Waals surface area (Å²) >= 11 is 0. The average molecular weight is 627 g/mol. The smallest absolute Gasteiger partial charge is 0.137 e. The Balaban J connectivity index is 1.26. The summed E-state index contributed by atoms with van der Waals surface area (Å²) in [4.78, 5) is 9.48. The summed E-state index contributed by atoms with van der Waals surface area (Å²) in [5, 5.41) is 2.35. The largest absolute Gasteiger partial charge is 0.457 e. The summed E-state index contributed by atoms with van der Waals surface area (Å²) in [6.45, 7) is 11.3. The van der Waals surface area contributed by atoms with Crippen LogP contribution < -0.4 is 4.74 Å². The first-order valence-corrected chi connectivity index (χ1v) is 16.5. The van der Waals surface area contributed by atoms with Gasteiger partial charge in [-0.2, -0.15) is 0 Å². The second kappa shape index (κ2) is 11.2. The zero-order chi connectivity index (χ0) is 33.0. The van der Waals surface area contributed by atoms with Crippen molar-refractivity contribution in [2.24, 2.45) is 0 Å². The number of para-hydroxylation sites is 2. The maximum atomic E-state index is 6.57. The molecule has 0 atom stereocenters. The Morgan fingerprint density at radius 1 is 0.542 bits per heavy atom. The van der Waals surface area contributed by atoms with Gasteiger partial charge in [-0.15, -0.1) is 0 Å². The van der Waals surface area contributed by atoms with E-state index in [9.17, 15) is 0 Å². The molecule has 0 unspecified atom stereocenters. The van der Waals surface area contributed by atoms with Gasteiger partial charge in [-0.3, -0.25) is 9.13 Å². The summed E-state index contributed by atoms with van der Waals surface area (Å²) in [5.74, 6) is 2.41. The highest BCUT2D eigenvalue weighted by molar-refractivity contribution is 6.09. The third kappa shape index (κ3) is 5.12. The molecule has 8 aromatic rings. The highest BCUT2D eigenvalue weighted by Crippen LogP contribution is 2.39. The molecule has 5 heteroatoms. The predicted octanol–water partition coefficient (Wildman–Crippen LogP) is 10.9. The average Bonchev–Trinajstić information content (AvgIpc) is 3.67. The van der Waals surface area contributed by atoms with Crippen molar-refractivity contribution in [1.29, 1.82) is 0 Å². The van der Waals surface area contributed by atoms with Crippen LogP contribution in [0.4, 0.5) is 0 Å². The van der Waals surface area contributed by atoms with Crippen molar-refractivity contribution in [3.8, 4) is 23.0 Å². The number of ether oxygens (including phenoxy) is 1. The van der Waals surface area contributed by atoms with Crippen LogP contribution in [0.2, 0.25) is 0 Å². The first-order chi connectivity index (χ1) is 23.2. The molecular weight excluding hydrogens is 589 g/mol. The van der Waals surface area contributed by atoms with Gasteiger partial charge in [-0.25, -0.2) is 9.97 Å². The molecule has 3 aromatic heterocycles. The first-order valence-electron chi connectivity index (χ1n) is 16.5. The highest BCUT2D eigenvalue weighted by Gasteiger charge is 2.25. The van der Waals surface area contributed by atoms with Crippen LogP contribution in [-0.4, -0.2) is 19.1 Å². The standard InChI is InChI=1S/C43H38N4O/c1-42(2,3)30-22-23-44-41(25-30)47-38-21-18-31(43(4,5)29-12-7-6-8-13-29)24-36(38)35-20-19-34(27-40(35)47)48-33-15-11-14-32(26-33)46-28-45-37-16-9-10-17-39(37)46/h6-28H,1-5H3. The maximum Gasteiger partial charge on any atom is 0.137 e. The molecule has 48 heavy (non-hydrogen) atoms. The minimum Gasteiger partial charge on any atom is -0.457 e. The quantitative estimate of drug-likeness (QED) is 0.184. The molecule has 0 aliphatic carbocycles. The molecule has 0 bridgehead atoms. The van der Waals surface area contributed by atoms with Gasteiger partial charge in [0.15, 0.2) is 0 Å². The van der Waals surface area contributed by atoms with Crippen molar-refractivity contribution in [2.75, 3.05) is 0 Å². The Morgan fingerprint density at radius 2 is 1.33 bits per heavy atom. The van der Waals surface area contributed by atoms with Gasteiger partial charge in [0.1, 0.15) is 23.6 Å². The number of pyridine rings is 1. The van der Waals surface area contributed by atoms with E-state index in [1.807, 2.05) is 42.9 Å². The zero-order valence-corrected chi connectivity index (χ0v) is 28.0. The Labute approximate surface area is 281 Å². The summed E-state index contributed by atoms with van der Waals surface area (Å²) in [5.41, 5.74) is 8.78. The molecule has 236 valence electrons. The minimum atomic E-state index is -0.164. The van der Waals surface area contributed by atoms with E-state index in [4.69, 9.17) is 9.72 Å². The van der Waals surface area contributed by atoms with Gasteiger partial charge < -0.3 is 4.74 Å². The lowest BCUT2D eigenvalue weighted by atomic mass is 9.78. The molecule has 8 rings (SSSR count). The number of hydrogen-bond acceptors (Lipinski definition) is 3. The van der Waals surface area contributed by atoms with Crippen molar-refractivity contribution in [3.63, 3.8) is 0 Å². The number of fused-ring (bicyclic) bond motifs is 4. The molecule has 0 saturated heterocycles. The van der Waals surface area contributed by atoms with Gasteiger partial charge in [-0.1, -0.05) is 89.2 Å². The topological polar surface area (TPSA) is 44.9 Å². The third-order valence-electron chi connectivity index (χ3n) is 9.58. The van der Waals surface area contributed by atoms with E-state index in [0.717, 1.165) is 50.5 Å². The fourth-order valence-corrected chi connectivity index (χ4v) is 6.73. The van der Waals surface area contributed by atoms with Crippen molar-refractivity contribution in [1.82, 2.24) is 19.1 Å². The molecule has 0 N–H and O–H groups in total. The van der Waals surface area contributed by atoms with Gasteiger partial charge >= 0.3 is 0 Å². The van der Waals surface area contributed by atoms with E-state index in [-0.39, 0.29) is 10.8 Å². The molecule has 0 spiro atoms. The summed E-state index contributed by atoms with van der Waals surface area (Å²) in [7, 11) is 0. The van der Waals surface area contributed by atoms with Gasteiger partial charge in [0.2, 0.25) is 0 Å². The summed E-state index contributed by atoms with van der Waals surface area (Å²) in [6.07, 6.45) is 3.78. The molecular formula is C43H38N4O. The van der Waals surface area contributed by atoms with Crippen molar-refractivity contribution in [3.05, 3.63) is 157 Å². The normalized spacial score (nSPS) is 12.3. The van der Waals surface area contributed by atoms with Crippen molar-refractivity contribution in [2.45, 2.75) is 45.4 Å². The molecule has 5 aromatic carbocycles. The molecule has 0 aliphatic rings. The molecule has 3 heterocycles. The van der Waals surface area contributed by atoms with Crippen LogP contribution in [0.15, 0.2) is 140 Å². The van der Waals surface area contributed by atoms with E-state index in [2.05, 4.69) is 146 Å². The lowest BCUT2D eigenvalue weighted by Gasteiger charge is -2.26. The summed E-state index contributed by atoms with van der Waals surface area (Å²) in [6, 6.07) is 44.6. The molecule has 5 nitrogen and oxygen atoms in total. The molecule has 0 aliphatic heterocycles. The number of nitrogens with zero attached hydrogens (tertiary/aromatic N) is 4. The van der Waals surface area contributed by atoms with Gasteiger partial charge in [0.25, 0.3) is 0 Å². The van der Waals surface area contributed by atoms with Gasteiger partial charge in [0, 0.05) is 34.5 Å². The van der Waals surface area contributed by atoms with Gasteiger partial charge in [-0.05, 0) is 82.8 Å². The summed E-state index contributed by atoms with van der Waals surface area (Å²) < 4.78 is 10.9. The minimum absolute atomic E-state index is 0.0107. The second-order valence-electron chi connectivity index (χ2n) is 14.1. The van der Waals surface area contributed by atoms with Crippen LogP contribution in [0.25, 0.3) is 44.3 Å². The van der Waals surface area contributed by atoms with E-state index in [1.54, 1.807) is 0 Å². The van der Waals surface area contributed by atoms with Crippen molar-refractivity contribution >= 4 is 32.8 Å². The van der Waals surface area contributed by atoms with E-state index < -0.39 is 0 Å². The van der Waals surface area contributed by atoms with Crippen LogP contribution in [-0.2, 0) is 10.8 Å². The second-order valence-corrected chi connectivity index (χ2v) is 14.1. The van der Waals surface area contributed by atoms with Crippen LogP contribution in [0.1, 0.15) is 51.3 Å². The Bertz CT molecular complexity index is 2440. The van der Waals surface area contributed by atoms with E-state index in [0.29, 0.717) is 0 Å². The number of rotatable bonds is 6. The Hall–Kier alpha value is -5.68. The Kier molecular flexibility index (Phi) is 6.95. The number of benzene rings is 5. The van der Waals surface area contributed by atoms with Crippen LogP contribution >= 0.6 is 0 Å². The monoisotopic (exact) mass is 626 g/mol. The third-order valence-corrected chi connectivity index (χ3v) is 9.58. The molecule has 0 fully saturated rings. The van der Waals surface area contributed by atoms with Crippen molar-refractivity contribution < 1.29 is 4.74 Å². The fourth-order valence-electron chi connectivity index (χ4n) is 6.73. The lowest BCUT2D eigenvalue weighted by Crippen LogP contribution is -2.18. The molecule has 0 saturated carbocycles. The number of hydrogen-bond donors (Lipinski definition) is 0. The predicted molar refractivity (Wildman–Crippen MR) is 197 cm³/mol. The molecule has 0 radical (unpaired) electrons. The molecule has 0 amide bonds. The van der Waals surface area contributed by atoms with Crippen LogP contribution in [0.5, 0.6) is 11.5 Å². The zero-order valence-electron chi connectivity index (χ0n) is 28.0. The van der Waals surface area contributed by atoms with E-state index in [1.165, 1.54) is 22.1 Å². The maximum absolute atomic E-state index is 6.57. The Morgan fingerprint density at radius 3 is 2.17 bits per heavy atom. The SMILES string of the molecule is CC(C)(C)c1ccnc(-n2c3ccc(C(C)(C)c4ccccc4)cc3c3ccc(Oc4cccc(-n5cnc6ccccc65)c4)cc32)c1. The first kappa shape index (κ1) is 29.7.